The van der Waals surface area contributed by atoms with Crippen LogP contribution < -0.4 is 20.3 Å². The maximum absolute atomic E-state index is 13.7. The second-order valence-corrected chi connectivity index (χ2v) is 11.4. The predicted octanol–water partition coefficient (Wildman–Crippen LogP) is 7.08. The molecule has 0 saturated heterocycles. The molecule has 0 bridgehead atoms. The van der Waals surface area contributed by atoms with Crippen LogP contribution in [0.1, 0.15) is 55.0 Å². The van der Waals surface area contributed by atoms with Crippen LogP contribution in [0.2, 0.25) is 5.02 Å². The lowest BCUT2D eigenvalue weighted by Crippen LogP contribution is -2.25. The molecule has 0 aliphatic heterocycles. The molecule has 0 unspecified atom stereocenters. The molecule has 0 radical (unpaired) electrons. The molecule has 1 aliphatic rings. The molecule has 4 aromatic rings. The fourth-order valence-electron chi connectivity index (χ4n) is 4.98. The number of carbonyl (C=O) groups excluding carboxylic acids is 1. The fourth-order valence-corrected chi connectivity index (χ4v) is 5.56. The molecular weight excluding hydrogens is 608 g/mol. The summed E-state index contributed by atoms with van der Waals surface area (Å²) in [4.78, 5) is 31.2. The lowest BCUT2D eigenvalue weighted by molar-refractivity contribution is -0.118. The topological polar surface area (TPSA) is 94.8 Å². The van der Waals surface area contributed by atoms with E-state index in [9.17, 15) is 9.59 Å². The molecule has 1 amide bonds. The monoisotopic (exact) mass is 636 g/mol. The normalized spacial score (nSPS) is 14.0. The highest BCUT2D eigenvalue weighted by atomic mass is 79.9. The summed E-state index contributed by atoms with van der Waals surface area (Å²) >= 11 is 9.84. The summed E-state index contributed by atoms with van der Waals surface area (Å²) in [6.07, 6.45) is 6.72. The zero-order valence-corrected chi connectivity index (χ0v) is 25.2. The van der Waals surface area contributed by atoms with Crippen molar-refractivity contribution < 1.29 is 14.3 Å². The van der Waals surface area contributed by atoms with Gasteiger partial charge in [-0.1, -0.05) is 64.5 Å². The minimum Gasteiger partial charge on any atom is -0.493 e. The second kappa shape index (κ2) is 12.9. The minimum absolute atomic E-state index is 0.122. The van der Waals surface area contributed by atoms with Crippen LogP contribution in [-0.4, -0.2) is 35.5 Å². The van der Waals surface area contributed by atoms with E-state index >= 15 is 0 Å². The van der Waals surface area contributed by atoms with Gasteiger partial charge in [0.2, 0.25) is 0 Å². The Hall–Kier alpha value is -3.69. The molecule has 1 heterocycles. The van der Waals surface area contributed by atoms with Gasteiger partial charge in [-0.2, -0.15) is 9.78 Å². The van der Waals surface area contributed by atoms with Crippen molar-refractivity contribution in [2.24, 2.45) is 5.10 Å². The third-order valence-corrected chi connectivity index (χ3v) is 7.78. The first-order valence-electron chi connectivity index (χ1n) is 13.5. The molecule has 8 nitrogen and oxygen atoms in total. The minimum atomic E-state index is -0.339. The molecule has 1 aliphatic carbocycles. The van der Waals surface area contributed by atoms with E-state index < -0.39 is 0 Å². The summed E-state index contributed by atoms with van der Waals surface area (Å²) < 4.78 is 13.6. The van der Waals surface area contributed by atoms with Crippen LogP contribution in [0, 0.1) is 6.92 Å². The van der Waals surface area contributed by atoms with Crippen LogP contribution in [0.25, 0.3) is 10.9 Å². The number of anilines is 1. The van der Waals surface area contributed by atoms with Crippen LogP contribution >= 0.6 is 27.5 Å². The van der Waals surface area contributed by atoms with Crippen molar-refractivity contribution in [1.29, 1.82) is 0 Å². The number of carbonyl (C=O) groups is 1. The summed E-state index contributed by atoms with van der Waals surface area (Å²) in [5, 5.41) is 8.29. The molecular formula is C31H30BrClN4O4. The van der Waals surface area contributed by atoms with E-state index in [4.69, 9.17) is 26.1 Å². The molecule has 0 atom stereocenters. The molecule has 10 heteroatoms. The third kappa shape index (κ3) is 6.80. The molecule has 212 valence electrons. The summed E-state index contributed by atoms with van der Waals surface area (Å²) in [5.41, 5.74) is 2.59. The number of hydrogen-bond donors (Lipinski definition) is 1. The van der Waals surface area contributed by atoms with Crippen LogP contribution in [0.15, 0.2) is 69.0 Å². The second-order valence-electron chi connectivity index (χ2n) is 10.1. The van der Waals surface area contributed by atoms with E-state index in [1.54, 1.807) is 18.2 Å². The number of benzene rings is 3. The summed E-state index contributed by atoms with van der Waals surface area (Å²) in [6.45, 7) is 1.70. The number of ether oxygens (including phenoxy) is 2. The lowest BCUT2D eigenvalue weighted by Gasteiger charge is -2.23. The molecule has 41 heavy (non-hydrogen) atoms. The van der Waals surface area contributed by atoms with Gasteiger partial charge in [0.15, 0.2) is 18.1 Å². The Labute approximate surface area is 251 Å². The molecule has 1 fully saturated rings. The van der Waals surface area contributed by atoms with E-state index in [1.807, 2.05) is 43.3 Å². The SMILES string of the molecule is COc1cc(Cl)cc(C=Nn2c(C3CCCCC3)nc3ccc(Br)cc3c2=O)c1OCC(=O)Nc1ccc(C)cc1. The number of fused-ring (bicyclic) bond motifs is 1. The Kier molecular flexibility index (Phi) is 9.05. The van der Waals surface area contributed by atoms with Gasteiger partial charge in [-0.15, -0.1) is 0 Å². The number of methoxy groups -OCH3 is 1. The Bertz CT molecular complexity index is 1660. The summed E-state index contributed by atoms with van der Waals surface area (Å²) in [6, 6.07) is 16.2. The van der Waals surface area contributed by atoms with E-state index in [-0.39, 0.29) is 29.7 Å². The Morgan fingerprint density at radius 2 is 1.90 bits per heavy atom. The highest BCUT2D eigenvalue weighted by molar-refractivity contribution is 9.10. The lowest BCUT2D eigenvalue weighted by atomic mass is 9.88. The molecule has 3 aromatic carbocycles. The first kappa shape index (κ1) is 28.8. The van der Waals surface area contributed by atoms with Gasteiger partial charge in [-0.05, 0) is 56.2 Å². The van der Waals surface area contributed by atoms with Crippen molar-refractivity contribution in [3.8, 4) is 11.5 Å². The van der Waals surface area contributed by atoms with Gasteiger partial charge in [0.1, 0.15) is 5.82 Å². The van der Waals surface area contributed by atoms with Crippen LogP contribution in [0.5, 0.6) is 11.5 Å². The maximum Gasteiger partial charge on any atom is 0.282 e. The number of halogens is 2. The molecule has 1 N–H and O–H groups in total. The largest absolute Gasteiger partial charge is 0.493 e. The number of aromatic nitrogens is 2. The van der Waals surface area contributed by atoms with Crippen LogP contribution in [0.4, 0.5) is 5.69 Å². The molecule has 0 spiro atoms. The molecule has 5 rings (SSSR count). The van der Waals surface area contributed by atoms with E-state index in [0.717, 1.165) is 35.7 Å². The molecule has 1 saturated carbocycles. The van der Waals surface area contributed by atoms with Gasteiger partial charge in [-0.25, -0.2) is 4.98 Å². The standard InChI is InChI=1S/C31H30BrClN4O4/c1-19-8-11-24(12-9-19)35-28(38)18-41-29-21(14-23(33)16-27(29)40-2)17-34-37-30(20-6-4-3-5-7-20)36-26-13-10-22(32)15-25(26)31(37)39/h8-17,20H,3-7,18H2,1-2H3,(H,35,38). The van der Waals surface area contributed by atoms with Gasteiger partial charge in [0.25, 0.3) is 11.5 Å². The van der Waals surface area contributed by atoms with Crippen molar-refractivity contribution >= 4 is 56.2 Å². The summed E-state index contributed by atoms with van der Waals surface area (Å²) in [5.74, 6) is 1.03. The Balaban J connectivity index is 1.50. The summed E-state index contributed by atoms with van der Waals surface area (Å²) in [7, 11) is 1.49. The van der Waals surface area contributed by atoms with E-state index in [1.165, 1.54) is 24.4 Å². The number of nitrogens with zero attached hydrogens (tertiary/aromatic N) is 3. The molecule has 1 aromatic heterocycles. The van der Waals surface area contributed by atoms with Gasteiger partial charge in [-0.3, -0.25) is 9.59 Å². The van der Waals surface area contributed by atoms with Crippen molar-refractivity contribution in [2.75, 3.05) is 19.0 Å². The van der Waals surface area contributed by atoms with Crippen molar-refractivity contribution in [2.45, 2.75) is 44.9 Å². The highest BCUT2D eigenvalue weighted by Crippen LogP contribution is 2.35. The number of rotatable bonds is 8. The fraction of sp³-hybridized carbons (Fsp3) is 0.290. The van der Waals surface area contributed by atoms with E-state index in [0.29, 0.717) is 38.8 Å². The first-order valence-corrected chi connectivity index (χ1v) is 14.6. The zero-order valence-electron chi connectivity index (χ0n) is 22.8. The zero-order chi connectivity index (χ0) is 28.9. The third-order valence-electron chi connectivity index (χ3n) is 7.07. The van der Waals surface area contributed by atoms with Crippen molar-refractivity contribution in [1.82, 2.24) is 9.66 Å². The van der Waals surface area contributed by atoms with Crippen molar-refractivity contribution in [3.05, 3.63) is 91.4 Å². The van der Waals surface area contributed by atoms with Crippen LogP contribution in [0.3, 0.4) is 0 Å². The number of amides is 1. The quantitative estimate of drug-likeness (QED) is 0.209. The first-order chi connectivity index (χ1) is 19.8. The number of hydrogen-bond acceptors (Lipinski definition) is 6. The smallest absolute Gasteiger partial charge is 0.282 e. The van der Waals surface area contributed by atoms with Gasteiger partial charge < -0.3 is 14.8 Å². The number of nitrogens with one attached hydrogen (secondary N) is 1. The van der Waals surface area contributed by atoms with Gasteiger partial charge in [0.05, 0.1) is 24.2 Å². The average molecular weight is 638 g/mol. The highest BCUT2D eigenvalue weighted by Gasteiger charge is 2.23. The Morgan fingerprint density at radius 1 is 1.15 bits per heavy atom. The Morgan fingerprint density at radius 3 is 2.63 bits per heavy atom. The van der Waals surface area contributed by atoms with Crippen LogP contribution in [-0.2, 0) is 4.79 Å². The predicted molar refractivity (Wildman–Crippen MR) is 166 cm³/mol. The van der Waals surface area contributed by atoms with Gasteiger partial charge >= 0.3 is 0 Å². The van der Waals surface area contributed by atoms with E-state index in [2.05, 4.69) is 26.3 Å². The number of aryl methyl sites for hydroxylation is 1. The average Bonchev–Trinajstić information content (AvgIpc) is 2.97. The van der Waals surface area contributed by atoms with Crippen molar-refractivity contribution in [3.63, 3.8) is 0 Å². The van der Waals surface area contributed by atoms with Gasteiger partial charge in [0, 0.05) is 32.7 Å². The maximum atomic E-state index is 13.7.